The van der Waals surface area contributed by atoms with Crippen LogP contribution in [0, 0.1) is 5.82 Å². The van der Waals surface area contributed by atoms with E-state index in [1.165, 1.54) is 29.1 Å². The molecule has 0 saturated heterocycles. The molecule has 17 heavy (non-hydrogen) atoms. The average Bonchev–Trinajstić information content (AvgIpc) is 2.72. The molecular formula is C11H7BrClFN2O. The lowest BCUT2D eigenvalue weighted by molar-refractivity contribution is 0.102. The fourth-order valence-corrected chi connectivity index (χ4v) is 1.91. The summed E-state index contributed by atoms with van der Waals surface area (Å²) in [5.41, 5.74) is 0.240. The Morgan fingerprint density at radius 1 is 1.47 bits per heavy atom. The number of ketones is 1. The van der Waals surface area contributed by atoms with Crippen molar-refractivity contribution in [2.75, 3.05) is 0 Å². The first-order valence-corrected chi connectivity index (χ1v) is 5.85. The third-order valence-electron chi connectivity index (χ3n) is 2.33. The lowest BCUT2D eigenvalue weighted by Crippen LogP contribution is -2.10. The van der Waals surface area contributed by atoms with E-state index >= 15 is 0 Å². The van der Waals surface area contributed by atoms with Gasteiger partial charge in [-0.1, -0.05) is 11.6 Å². The van der Waals surface area contributed by atoms with E-state index in [2.05, 4.69) is 21.0 Å². The number of aromatic nitrogens is 2. The summed E-state index contributed by atoms with van der Waals surface area (Å²) in [6.07, 6.45) is 1.48. The number of hydrogen-bond acceptors (Lipinski definition) is 2. The second kappa shape index (κ2) is 4.58. The maximum atomic E-state index is 13.8. The molecule has 2 rings (SSSR count). The maximum Gasteiger partial charge on any atom is 0.214 e. The molecule has 2 aromatic rings. The van der Waals surface area contributed by atoms with E-state index in [1.54, 1.807) is 7.05 Å². The van der Waals surface area contributed by atoms with Crippen LogP contribution in [0.2, 0.25) is 5.02 Å². The quantitative estimate of drug-likeness (QED) is 0.630. The third kappa shape index (κ3) is 2.12. The van der Waals surface area contributed by atoms with E-state index in [0.29, 0.717) is 10.2 Å². The highest BCUT2D eigenvalue weighted by atomic mass is 79.9. The first-order valence-electron chi connectivity index (χ1n) is 4.68. The summed E-state index contributed by atoms with van der Waals surface area (Å²) < 4.78 is 15.6. The van der Waals surface area contributed by atoms with Crippen molar-refractivity contribution in [1.29, 1.82) is 0 Å². The van der Waals surface area contributed by atoms with Gasteiger partial charge in [0.05, 0.1) is 10.6 Å². The van der Waals surface area contributed by atoms with Gasteiger partial charge in [-0.15, -0.1) is 0 Å². The normalized spacial score (nSPS) is 10.6. The molecule has 6 heteroatoms. The van der Waals surface area contributed by atoms with Crippen molar-refractivity contribution < 1.29 is 9.18 Å². The highest BCUT2D eigenvalue weighted by molar-refractivity contribution is 9.10. The second-order valence-electron chi connectivity index (χ2n) is 3.39. The van der Waals surface area contributed by atoms with Crippen molar-refractivity contribution in [3.63, 3.8) is 0 Å². The number of rotatable bonds is 2. The van der Waals surface area contributed by atoms with Crippen molar-refractivity contribution >= 4 is 33.3 Å². The van der Waals surface area contributed by atoms with Gasteiger partial charge in [-0.25, -0.2) is 4.39 Å². The van der Waals surface area contributed by atoms with Crippen LogP contribution in [0.3, 0.4) is 0 Å². The number of nitrogens with zero attached hydrogens (tertiary/aromatic N) is 2. The standard InChI is InChI=1S/C11H7BrClFN2O/c1-16-8(4-5-15-16)11(17)6-2-3-7(12)9(13)10(6)14/h2-5H,1H3. The van der Waals surface area contributed by atoms with Crippen LogP contribution in [0.5, 0.6) is 0 Å². The molecule has 0 bridgehead atoms. The molecule has 0 atom stereocenters. The zero-order chi connectivity index (χ0) is 12.6. The number of benzene rings is 1. The lowest BCUT2D eigenvalue weighted by atomic mass is 10.1. The van der Waals surface area contributed by atoms with Crippen LogP contribution in [-0.4, -0.2) is 15.6 Å². The van der Waals surface area contributed by atoms with Crippen LogP contribution < -0.4 is 0 Å². The van der Waals surface area contributed by atoms with Crippen LogP contribution in [-0.2, 0) is 7.05 Å². The van der Waals surface area contributed by atoms with Crippen LogP contribution in [0.25, 0.3) is 0 Å². The second-order valence-corrected chi connectivity index (χ2v) is 4.62. The minimum atomic E-state index is -0.729. The van der Waals surface area contributed by atoms with Crippen molar-refractivity contribution in [2.45, 2.75) is 0 Å². The molecule has 0 unspecified atom stereocenters. The van der Waals surface area contributed by atoms with Gasteiger partial charge in [-0.2, -0.15) is 5.10 Å². The van der Waals surface area contributed by atoms with E-state index in [-0.39, 0.29) is 10.6 Å². The molecular weight excluding hydrogens is 310 g/mol. The molecule has 0 aliphatic heterocycles. The molecule has 0 fully saturated rings. The summed E-state index contributed by atoms with van der Waals surface area (Å²) in [5, 5.41) is 3.76. The highest BCUT2D eigenvalue weighted by Crippen LogP contribution is 2.28. The van der Waals surface area contributed by atoms with Crippen molar-refractivity contribution in [1.82, 2.24) is 9.78 Å². The fourth-order valence-electron chi connectivity index (χ4n) is 1.44. The summed E-state index contributed by atoms with van der Waals surface area (Å²) in [4.78, 5) is 12.0. The van der Waals surface area contributed by atoms with Gasteiger partial charge in [0.2, 0.25) is 5.78 Å². The largest absolute Gasteiger partial charge is 0.287 e. The molecule has 88 valence electrons. The number of hydrogen-bond donors (Lipinski definition) is 0. The molecule has 0 N–H and O–H groups in total. The summed E-state index contributed by atoms with van der Waals surface area (Å²) in [5.74, 6) is -1.18. The minimum absolute atomic E-state index is 0.0678. The van der Waals surface area contributed by atoms with E-state index in [0.717, 1.165) is 0 Å². The molecule has 1 aromatic carbocycles. The van der Waals surface area contributed by atoms with Gasteiger partial charge in [-0.05, 0) is 34.1 Å². The van der Waals surface area contributed by atoms with Crippen LogP contribution >= 0.6 is 27.5 Å². The Morgan fingerprint density at radius 3 is 2.76 bits per heavy atom. The summed E-state index contributed by atoms with van der Waals surface area (Å²) in [6.45, 7) is 0. The number of aryl methyl sites for hydroxylation is 1. The van der Waals surface area contributed by atoms with E-state index in [4.69, 9.17) is 11.6 Å². The molecule has 0 radical (unpaired) electrons. The number of halogens is 3. The predicted molar refractivity (Wildman–Crippen MR) is 65.8 cm³/mol. The first kappa shape index (κ1) is 12.3. The molecule has 0 spiro atoms. The molecule has 1 aromatic heterocycles. The Bertz CT molecular complexity index is 597. The molecule has 0 saturated carbocycles. The van der Waals surface area contributed by atoms with Crippen molar-refractivity contribution in [2.24, 2.45) is 7.05 Å². The van der Waals surface area contributed by atoms with Gasteiger partial charge >= 0.3 is 0 Å². The summed E-state index contributed by atoms with van der Waals surface area (Å²) in [7, 11) is 1.62. The topological polar surface area (TPSA) is 34.9 Å². The molecule has 0 aliphatic rings. The fraction of sp³-hybridized carbons (Fsp3) is 0.0909. The zero-order valence-electron chi connectivity index (χ0n) is 8.75. The SMILES string of the molecule is Cn1nccc1C(=O)c1ccc(Br)c(Cl)c1F. The summed E-state index contributed by atoms with van der Waals surface area (Å²) in [6, 6.07) is 4.45. The Balaban J connectivity index is 2.53. The van der Waals surface area contributed by atoms with Crippen LogP contribution in [0.4, 0.5) is 4.39 Å². The van der Waals surface area contributed by atoms with Gasteiger partial charge in [0.15, 0.2) is 5.82 Å². The Kier molecular flexibility index (Phi) is 3.31. The van der Waals surface area contributed by atoms with Gasteiger partial charge in [0, 0.05) is 17.7 Å². The van der Waals surface area contributed by atoms with Crippen molar-refractivity contribution in [3.05, 3.63) is 51.0 Å². The smallest absolute Gasteiger partial charge is 0.214 e. The monoisotopic (exact) mass is 316 g/mol. The number of carbonyl (C=O) groups is 1. The van der Waals surface area contributed by atoms with Gasteiger partial charge < -0.3 is 0 Å². The van der Waals surface area contributed by atoms with Crippen molar-refractivity contribution in [3.8, 4) is 0 Å². The predicted octanol–water partition coefficient (Wildman–Crippen LogP) is 3.21. The number of carbonyl (C=O) groups excluding carboxylic acids is 1. The van der Waals surface area contributed by atoms with E-state index < -0.39 is 11.6 Å². The van der Waals surface area contributed by atoms with Crippen LogP contribution in [0.1, 0.15) is 16.1 Å². The van der Waals surface area contributed by atoms with Gasteiger partial charge in [0.1, 0.15) is 5.69 Å². The minimum Gasteiger partial charge on any atom is -0.287 e. The molecule has 1 heterocycles. The Hall–Kier alpha value is -1.20. The summed E-state index contributed by atoms with van der Waals surface area (Å²) >= 11 is 8.82. The van der Waals surface area contributed by atoms with E-state index in [9.17, 15) is 9.18 Å². The Labute approximate surface area is 110 Å². The zero-order valence-corrected chi connectivity index (χ0v) is 11.1. The van der Waals surface area contributed by atoms with Gasteiger partial charge in [-0.3, -0.25) is 9.48 Å². The Morgan fingerprint density at radius 2 is 2.18 bits per heavy atom. The molecule has 0 aliphatic carbocycles. The van der Waals surface area contributed by atoms with Gasteiger partial charge in [0.25, 0.3) is 0 Å². The average molecular weight is 318 g/mol. The lowest BCUT2D eigenvalue weighted by Gasteiger charge is -2.05. The highest BCUT2D eigenvalue weighted by Gasteiger charge is 2.19. The van der Waals surface area contributed by atoms with Crippen LogP contribution in [0.15, 0.2) is 28.9 Å². The van der Waals surface area contributed by atoms with E-state index in [1.807, 2.05) is 0 Å². The maximum absolute atomic E-state index is 13.8. The third-order valence-corrected chi connectivity index (χ3v) is 3.59. The molecule has 0 amide bonds. The molecule has 3 nitrogen and oxygen atoms in total. The first-order chi connectivity index (χ1) is 8.02.